The number of hydrogen-bond donors (Lipinski definition) is 2. The van der Waals surface area contributed by atoms with Crippen LogP contribution in [-0.4, -0.2) is 69.9 Å². The summed E-state index contributed by atoms with van der Waals surface area (Å²) in [6.07, 6.45) is 2.67. The van der Waals surface area contributed by atoms with Crippen LogP contribution in [0.1, 0.15) is 30.0 Å². The predicted octanol–water partition coefficient (Wildman–Crippen LogP) is 2.09. The van der Waals surface area contributed by atoms with E-state index in [1.165, 1.54) is 0 Å². The summed E-state index contributed by atoms with van der Waals surface area (Å²) < 4.78 is 35.8. The molecule has 1 heterocycles. The number of sulfonamides is 1. The van der Waals surface area contributed by atoms with Crippen LogP contribution < -0.4 is 19.6 Å². The Bertz CT molecular complexity index is 1170. The molecule has 1 saturated heterocycles. The Morgan fingerprint density at radius 3 is 2.19 bits per heavy atom. The maximum absolute atomic E-state index is 13.3. The first-order chi connectivity index (χ1) is 17.3. The van der Waals surface area contributed by atoms with Crippen LogP contribution in [0.4, 0.5) is 4.79 Å². The molecule has 2 N–H and O–H groups in total. The number of carbonyl (C=O) groups is 2. The van der Waals surface area contributed by atoms with Crippen LogP contribution in [-0.2, 0) is 21.2 Å². The van der Waals surface area contributed by atoms with Crippen molar-refractivity contribution >= 4 is 22.0 Å². The fraction of sp³-hybridized carbons (Fsp3) is 0.440. The third-order valence-electron chi connectivity index (χ3n) is 6.36. The Morgan fingerprint density at radius 2 is 1.61 bits per heavy atom. The Morgan fingerprint density at radius 1 is 1.00 bits per heavy atom. The molecular weight excluding hydrogens is 484 g/mol. The Balaban J connectivity index is 1.46. The lowest BCUT2D eigenvalue weighted by molar-refractivity contribution is -0.118. The average molecular weight is 517 g/mol. The van der Waals surface area contributed by atoms with Gasteiger partial charge in [0.1, 0.15) is 17.3 Å². The molecule has 2 aliphatic rings. The predicted molar refractivity (Wildman–Crippen MR) is 134 cm³/mol. The number of methoxy groups -OCH3 is 2. The number of rotatable bonds is 12. The van der Waals surface area contributed by atoms with Crippen molar-refractivity contribution < 1.29 is 27.5 Å². The molecule has 2 aromatic rings. The summed E-state index contributed by atoms with van der Waals surface area (Å²) in [5.41, 5.74) is 1.87. The summed E-state index contributed by atoms with van der Waals surface area (Å²) in [6, 6.07) is 14.1. The molecule has 0 spiro atoms. The lowest BCUT2D eigenvalue weighted by Gasteiger charge is -2.23. The van der Waals surface area contributed by atoms with E-state index in [1.807, 2.05) is 36.4 Å². The van der Waals surface area contributed by atoms with Crippen molar-refractivity contribution in [2.24, 2.45) is 5.92 Å². The number of urea groups is 1. The van der Waals surface area contributed by atoms with Gasteiger partial charge in [0, 0.05) is 13.1 Å². The Kier molecular flexibility index (Phi) is 8.00. The Labute approximate surface area is 211 Å². The van der Waals surface area contributed by atoms with Crippen LogP contribution in [0, 0.1) is 5.92 Å². The second kappa shape index (κ2) is 11.2. The van der Waals surface area contributed by atoms with E-state index in [9.17, 15) is 18.0 Å². The number of benzene rings is 2. The summed E-state index contributed by atoms with van der Waals surface area (Å²) in [4.78, 5) is 29.4. The van der Waals surface area contributed by atoms with Crippen molar-refractivity contribution in [3.63, 3.8) is 0 Å². The smallest absolute Gasteiger partial charge is 0.335 e. The van der Waals surface area contributed by atoms with Gasteiger partial charge < -0.3 is 19.7 Å². The maximum Gasteiger partial charge on any atom is 0.335 e. The summed E-state index contributed by atoms with van der Waals surface area (Å²) in [5.74, 6) is 0.553. The number of nitrogens with zero attached hydrogens (tertiary/aromatic N) is 2. The van der Waals surface area contributed by atoms with Crippen molar-refractivity contribution in [3.05, 3.63) is 59.7 Å². The number of carbonyl (C=O) groups excluding carboxylic acids is 2. The Hall–Kier alpha value is -3.31. The molecule has 194 valence electrons. The van der Waals surface area contributed by atoms with Crippen molar-refractivity contribution in [2.75, 3.05) is 39.6 Å². The molecule has 1 saturated carbocycles. The molecular formula is C25H32N4O6S. The lowest BCUT2D eigenvalue weighted by atomic mass is 10.1. The zero-order valence-corrected chi connectivity index (χ0v) is 21.3. The molecule has 1 aliphatic carbocycles. The van der Waals surface area contributed by atoms with Gasteiger partial charge in [0.05, 0.1) is 26.8 Å². The topological polar surface area (TPSA) is 117 Å². The van der Waals surface area contributed by atoms with Gasteiger partial charge in [-0.2, -0.15) is 0 Å². The lowest BCUT2D eigenvalue weighted by Crippen LogP contribution is -2.48. The minimum absolute atomic E-state index is 0.108. The fourth-order valence-electron chi connectivity index (χ4n) is 4.12. The zero-order chi connectivity index (χ0) is 25.7. The molecule has 1 atom stereocenters. The monoisotopic (exact) mass is 516 g/mol. The van der Waals surface area contributed by atoms with Gasteiger partial charge in [-0.15, -0.1) is 4.83 Å². The average Bonchev–Trinajstić information content (AvgIpc) is 3.66. The third-order valence-corrected chi connectivity index (χ3v) is 7.51. The molecule has 11 heteroatoms. The maximum atomic E-state index is 13.3. The number of amides is 3. The van der Waals surface area contributed by atoms with E-state index in [0.29, 0.717) is 31.2 Å². The van der Waals surface area contributed by atoms with E-state index >= 15 is 0 Å². The van der Waals surface area contributed by atoms with Crippen molar-refractivity contribution in [2.45, 2.75) is 25.3 Å². The van der Waals surface area contributed by atoms with Crippen molar-refractivity contribution in [1.82, 2.24) is 20.1 Å². The normalized spacial score (nSPS) is 17.8. The highest BCUT2D eigenvalue weighted by atomic mass is 32.2. The summed E-state index contributed by atoms with van der Waals surface area (Å²) in [7, 11) is -0.880. The van der Waals surface area contributed by atoms with Crippen molar-refractivity contribution in [1.29, 1.82) is 0 Å². The summed E-state index contributed by atoms with van der Waals surface area (Å²) >= 11 is 0. The zero-order valence-electron chi connectivity index (χ0n) is 20.5. The largest absolute Gasteiger partial charge is 0.497 e. The van der Waals surface area contributed by atoms with Crippen LogP contribution in [0.3, 0.4) is 0 Å². The molecule has 1 aliphatic heterocycles. The summed E-state index contributed by atoms with van der Waals surface area (Å²) in [5, 5.41) is 3.72. The molecule has 36 heavy (non-hydrogen) atoms. The molecule has 10 nitrogen and oxygen atoms in total. The number of hydrogen-bond acceptors (Lipinski definition) is 6. The molecule has 0 unspecified atom stereocenters. The summed E-state index contributed by atoms with van der Waals surface area (Å²) in [6.45, 7) is 0.967. The highest BCUT2D eigenvalue weighted by Gasteiger charge is 2.40. The second-order valence-electron chi connectivity index (χ2n) is 9.07. The SMILES string of the molecule is COc1ccc(CCN2C(=O)N(NS(=O)(=O)CC(=O)NCC3CC3)C[C@@H]2c2ccc(OC)cc2)cc1. The van der Waals surface area contributed by atoms with E-state index in [0.717, 1.165) is 34.7 Å². The van der Waals surface area contributed by atoms with Crippen LogP contribution in [0.2, 0.25) is 0 Å². The first-order valence-electron chi connectivity index (χ1n) is 11.9. The molecule has 0 aromatic heterocycles. The minimum Gasteiger partial charge on any atom is -0.497 e. The van der Waals surface area contributed by atoms with E-state index in [4.69, 9.17) is 9.47 Å². The van der Waals surface area contributed by atoms with Gasteiger partial charge >= 0.3 is 6.03 Å². The highest BCUT2D eigenvalue weighted by Crippen LogP contribution is 2.30. The van der Waals surface area contributed by atoms with Gasteiger partial charge in [-0.1, -0.05) is 24.3 Å². The molecule has 3 amide bonds. The number of ether oxygens (including phenoxy) is 2. The number of hydrazine groups is 1. The van der Waals surface area contributed by atoms with Crippen molar-refractivity contribution in [3.8, 4) is 11.5 Å². The van der Waals surface area contributed by atoms with Crippen LogP contribution in [0.25, 0.3) is 0 Å². The van der Waals surface area contributed by atoms with E-state index in [2.05, 4.69) is 10.1 Å². The third kappa shape index (κ3) is 6.67. The molecule has 0 bridgehead atoms. The second-order valence-corrected chi connectivity index (χ2v) is 10.8. The molecule has 2 fully saturated rings. The van der Waals surface area contributed by atoms with Crippen LogP contribution in [0.5, 0.6) is 11.5 Å². The molecule has 4 rings (SSSR count). The standard InChI is InChI=1S/C25H32N4O6S/c1-34-21-9-5-18(6-10-21)13-14-28-23(20-7-11-22(35-2)12-8-20)16-29(25(28)31)27-36(32,33)17-24(30)26-15-19-3-4-19/h5-12,19,23,27H,3-4,13-17H2,1-2H3,(H,26,30)/t23-/m1/s1. The first-order valence-corrected chi connectivity index (χ1v) is 13.5. The van der Waals surface area contributed by atoms with Gasteiger partial charge in [-0.3, -0.25) is 4.79 Å². The fourth-order valence-corrected chi connectivity index (χ4v) is 5.12. The van der Waals surface area contributed by atoms with Crippen LogP contribution >= 0.6 is 0 Å². The van der Waals surface area contributed by atoms with E-state index in [-0.39, 0.29) is 12.6 Å². The molecule has 2 aromatic carbocycles. The van der Waals surface area contributed by atoms with Gasteiger partial charge in [0.15, 0.2) is 0 Å². The van der Waals surface area contributed by atoms with Gasteiger partial charge in [-0.25, -0.2) is 18.2 Å². The van der Waals surface area contributed by atoms with Gasteiger partial charge in [-0.05, 0) is 60.6 Å². The van der Waals surface area contributed by atoms with E-state index in [1.54, 1.807) is 31.3 Å². The van der Waals surface area contributed by atoms with Gasteiger partial charge in [0.2, 0.25) is 15.9 Å². The quantitative estimate of drug-likeness (QED) is 0.446. The highest BCUT2D eigenvalue weighted by molar-refractivity contribution is 7.90. The number of nitrogens with one attached hydrogen (secondary N) is 2. The minimum atomic E-state index is -4.06. The first kappa shape index (κ1) is 25.8. The van der Waals surface area contributed by atoms with Crippen LogP contribution in [0.15, 0.2) is 48.5 Å². The molecule has 0 radical (unpaired) electrons. The van der Waals surface area contributed by atoms with Gasteiger partial charge in [0.25, 0.3) is 0 Å². The van der Waals surface area contributed by atoms with E-state index < -0.39 is 27.7 Å².